The normalized spacial score (nSPS) is 13.9. The molecule has 11 nitrogen and oxygen atoms in total. The van der Waals surface area contributed by atoms with Crippen molar-refractivity contribution < 1.29 is 44.3 Å². The Labute approximate surface area is 226 Å². The molecular weight excluding hydrogens is 508 g/mol. The quantitative estimate of drug-likeness (QED) is 0.279. The highest BCUT2D eigenvalue weighted by Gasteiger charge is 2.22. The van der Waals surface area contributed by atoms with E-state index < -0.39 is 23.9 Å². The van der Waals surface area contributed by atoms with E-state index >= 15 is 0 Å². The molecule has 5 N–H and O–H groups in total. The molecule has 0 aliphatic carbocycles. The number of benzene rings is 2. The molecule has 11 heteroatoms. The maximum Gasteiger partial charge on any atom is 0.328 e. The van der Waals surface area contributed by atoms with Gasteiger partial charge in [-0.05, 0) is 36.1 Å². The van der Waals surface area contributed by atoms with E-state index in [9.17, 15) is 19.2 Å². The smallest absolute Gasteiger partial charge is 0.328 e. The highest BCUT2D eigenvalue weighted by molar-refractivity contribution is 5.90. The fourth-order valence-electron chi connectivity index (χ4n) is 3.61. The van der Waals surface area contributed by atoms with Gasteiger partial charge in [0, 0.05) is 56.5 Å². The lowest BCUT2D eigenvalue weighted by Gasteiger charge is -2.35. The molecule has 1 saturated heterocycles. The molecule has 0 aromatic heterocycles. The molecule has 2 aromatic carbocycles. The second-order valence-corrected chi connectivity index (χ2v) is 8.12. The van der Waals surface area contributed by atoms with Gasteiger partial charge in [0.2, 0.25) is 0 Å². The Kier molecular flexibility index (Phi) is 15.6. The van der Waals surface area contributed by atoms with E-state index in [1.807, 2.05) is 0 Å². The third-order valence-corrected chi connectivity index (χ3v) is 5.38. The second kappa shape index (κ2) is 18.7. The average Bonchev–Trinajstić information content (AvgIpc) is 2.93. The van der Waals surface area contributed by atoms with E-state index in [1.54, 1.807) is 7.11 Å². The minimum atomic E-state index is -1.26. The molecule has 3 rings (SSSR count). The predicted molar refractivity (Wildman–Crippen MR) is 144 cm³/mol. The molecule has 0 radical (unpaired) electrons. The van der Waals surface area contributed by atoms with Crippen LogP contribution in [0.1, 0.15) is 23.6 Å². The topological polar surface area (TPSA) is 174 Å². The Morgan fingerprint density at radius 3 is 1.67 bits per heavy atom. The van der Waals surface area contributed by atoms with Crippen molar-refractivity contribution >= 4 is 23.9 Å². The summed E-state index contributed by atoms with van der Waals surface area (Å²) in [7, 11) is 1.72. The van der Waals surface area contributed by atoms with Gasteiger partial charge in [-0.1, -0.05) is 42.5 Å². The predicted octanol–water partition coefficient (Wildman–Crippen LogP) is 2.70. The van der Waals surface area contributed by atoms with Crippen molar-refractivity contribution in [2.45, 2.75) is 18.9 Å². The minimum Gasteiger partial charge on any atom is -0.497 e. The lowest BCUT2D eigenvalue weighted by Crippen LogP contribution is -2.45. The monoisotopic (exact) mass is 542 g/mol. The Morgan fingerprint density at radius 1 is 0.795 bits per heavy atom. The summed E-state index contributed by atoms with van der Waals surface area (Å²) >= 11 is 0. The molecule has 210 valence electrons. The Bertz CT molecular complexity index is 1030. The Morgan fingerprint density at radius 2 is 1.26 bits per heavy atom. The molecular formula is C28H34N2O9. The molecule has 1 unspecified atom stereocenters. The minimum absolute atomic E-state index is 0.475. The number of carboxylic acids is 4. The van der Waals surface area contributed by atoms with Gasteiger partial charge in [0.25, 0.3) is 0 Å². The molecule has 1 aliphatic heterocycles. The standard InChI is InChI=1S/C20H26N2O.2C4H4O4/c1-23-19-10-8-18(9-11-19)20(22-15-13-21-14-16-22)12-7-17-5-3-2-4-6-17;2*5-3(6)1-2-4(7)8/h2-6,8-11,20-21H,7,12-16H2,1H3;2*1-2H,(H,5,6)(H,7,8)/b;2*2-1-. The molecule has 1 aliphatic rings. The van der Waals surface area contributed by atoms with Crippen molar-refractivity contribution in [3.8, 4) is 5.75 Å². The summed E-state index contributed by atoms with van der Waals surface area (Å²) in [5, 5.41) is 34.7. The molecule has 1 heterocycles. The van der Waals surface area contributed by atoms with E-state index in [0.717, 1.165) is 44.8 Å². The number of aliphatic carboxylic acids is 4. The van der Waals surface area contributed by atoms with Crippen LogP contribution in [0.5, 0.6) is 5.75 Å². The molecule has 0 spiro atoms. The zero-order valence-electron chi connectivity index (χ0n) is 21.6. The zero-order chi connectivity index (χ0) is 29.0. The van der Waals surface area contributed by atoms with Crippen molar-refractivity contribution in [1.82, 2.24) is 10.2 Å². The maximum absolute atomic E-state index is 9.55. The summed E-state index contributed by atoms with van der Waals surface area (Å²) in [6.07, 6.45) is 4.49. The first kappa shape index (κ1) is 32.5. The van der Waals surface area contributed by atoms with Crippen LogP contribution in [-0.4, -0.2) is 82.5 Å². The maximum atomic E-state index is 9.55. The number of ether oxygens (including phenoxy) is 1. The summed E-state index contributed by atoms with van der Waals surface area (Å²) in [5.74, 6) is -4.10. The van der Waals surface area contributed by atoms with Crippen molar-refractivity contribution in [3.05, 3.63) is 90.0 Å². The van der Waals surface area contributed by atoms with Gasteiger partial charge in [-0.2, -0.15) is 0 Å². The van der Waals surface area contributed by atoms with Crippen LogP contribution in [0.3, 0.4) is 0 Å². The van der Waals surface area contributed by atoms with E-state index in [4.69, 9.17) is 25.2 Å². The zero-order valence-corrected chi connectivity index (χ0v) is 21.6. The summed E-state index contributed by atoms with van der Waals surface area (Å²) < 4.78 is 5.30. The first-order valence-electron chi connectivity index (χ1n) is 12.0. The van der Waals surface area contributed by atoms with Crippen molar-refractivity contribution in [2.24, 2.45) is 0 Å². The van der Waals surface area contributed by atoms with Crippen LogP contribution in [0.25, 0.3) is 0 Å². The summed E-state index contributed by atoms with van der Waals surface area (Å²) in [4.78, 5) is 40.8. The Balaban J connectivity index is 0.000000393. The van der Waals surface area contributed by atoms with Gasteiger partial charge in [-0.15, -0.1) is 0 Å². The van der Waals surface area contributed by atoms with Crippen LogP contribution >= 0.6 is 0 Å². The molecule has 2 aromatic rings. The highest BCUT2D eigenvalue weighted by Crippen LogP contribution is 2.28. The SMILES string of the molecule is COc1ccc(C(CCc2ccccc2)N2CCNCC2)cc1.O=C(O)/C=C\C(=O)O.O=C(O)/C=C\C(=O)O. The number of nitrogens with one attached hydrogen (secondary N) is 1. The largest absolute Gasteiger partial charge is 0.497 e. The number of piperazine rings is 1. The molecule has 1 fully saturated rings. The summed E-state index contributed by atoms with van der Waals surface area (Å²) in [6, 6.07) is 19.9. The average molecular weight is 543 g/mol. The molecule has 0 amide bonds. The van der Waals surface area contributed by atoms with Gasteiger partial charge >= 0.3 is 23.9 Å². The van der Waals surface area contributed by atoms with Crippen LogP contribution in [0.4, 0.5) is 0 Å². The van der Waals surface area contributed by atoms with Crippen molar-refractivity contribution in [1.29, 1.82) is 0 Å². The van der Waals surface area contributed by atoms with Crippen LogP contribution in [0, 0.1) is 0 Å². The number of carboxylic acid groups (broad SMARTS) is 4. The number of hydrogen-bond donors (Lipinski definition) is 5. The first-order valence-corrected chi connectivity index (χ1v) is 12.0. The van der Waals surface area contributed by atoms with E-state index in [1.165, 1.54) is 11.1 Å². The number of carbonyl (C=O) groups is 4. The molecule has 0 saturated carbocycles. The van der Waals surface area contributed by atoms with Gasteiger partial charge in [-0.3, -0.25) is 4.90 Å². The summed E-state index contributed by atoms with van der Waals surface area (Å²) in [5.41, 5.74) is 2.81. The number of hydrogen-bond acceptors (Lipinski definition) is 7. The molecule has 1 atom stereocenters. The third-order valence-electron chi connectivity index (χ3n) is 5.38. The second-order valence-electron chi connectivity index (χ2n) is 8.12. The van der Waals surface area contributed by atoms with Gasteiger partial charge in [-0.25, -0.2) is 19.2 Å². The number of rotatable bonds is 10. The first-order chi connectivity index (χ1) is 18.6. The number of nitrogens with zero attached hydrogens (tertiary/aromatic N) is 1. The lowest BCUT2D eigenvalue weighted by molar-refractivity contribution is -0.134. The van der Waals surface area contributed by atoms with Crippen LogP contribution in [0.15, 0.2) is 78.9 Å². The fraction of sp³-hybridized carbons (Fsp3) is 0.286. The van der Waals surface area contributed by atoms with Gasteiger partial charge in [0.1, 0.15) is 5.75 Å². The highest BCUT2D eigenvalue weighted by atomic mass is 16.5. The Hall–Kier alpha value is -4.48. The van der Waals surface area contributed by atoms with Crippen molar-refractivity contribution in [2.75, 3.05) is 33.3 Å². The van der Waals surface area contributed by atoms with Gasteiger partial charge in [0.15, 0.2) is 0 Å². The molecule has 0 bridgehead atoms. The van der Waals surface area contributed by atoms with E-state index in [-0.39, 0.29) is 0 Å². The van der Waals surface area contributed by atoms with Gasteiger partial charge < -0.3 is 30.5 Å². The van der Waals surface area contributed by atoms with Crippen LogP contribution in [-0.2, 0) is 25.6 Å². The summed E-state index contributed by atoms with van der Waals surface area (Å²) in [6.45, 7) is 4.40. The van der Waals surface area contributed by atoms with Crippen molar-refractivity contribution in [3.63, 3.8) is 0 Å². The van der Waals surface area contributed by atoms with Crippen LogP contribution < -0.4 is 10.1 Å². The van der Waals surface area contributed by atoms with Crippen LogP contribution in [0.2, 0.25) is 0 Å². The fourth-order valence-corrected chi connectivity index (χ4v) is 3.61. The lowest BCUT2D eigenvalue weighted by atomic mass is 9.97. The van der Waals surface area contributed by atoms with E-state index in [2.05, 4.69) is 64.8 Å². The third kappa shape index (κ3) is 15.4. The van der Waals surface area contributed by atoms with Gasteiger partial charge in [0.05, 0.1) is 7.11 Å². The number of aryl methyl sites for hydroxylation is 1. The van der Waals surface area contributed by atoms with E-state index in [0.29, 0.717) is 30.3 Å². The number of methoxy groups -OCH3 is 1. The molecule has 39 heavy (non-hydrogen) atoms.